The molecule has 1 fully saturated rings. The third kappa shape index (κ3) is 4.13. The Balaban J connectivity index is 1.79. The van der Waals surface area contributed by atoms with Gasteiger partial charge in [0.2, 0.25) is 11.8 Å². The van der Waals surface area contributed by atoms with Gasteiger partial charge in [-0.1, -0.05) is 0 Å². The van der Waals surface area contributed by atoms with Gasteiger partial charge in [0.1, 0.15) is 13.2 Å². The van der Waals surface area contributed by atoms with Gasteiger partial charge >= 0.3 is 5.76 Å². The van der Waals surface area contributed by atoms with E-state index in [-0.39, 0.29) is 25.0 Å². The summed E-state index contributed by atoms with van der Waals surface area (Å²) in [6, 6.07) is 4.88. The Morgan fingerprint density at radius 2 is 2.00 bits per heavy atom. The van der Waals surface area contributed by atoms with Gasteiger partial charge < -0.3 is 19.4 Å². The molecule has 8 heteroatoms. The normalized spacial score (nSPS) is 14.6. The summed E-state index contributed by atoms with van der Waals surface area (Å²) < 4.78 is 11.6. The van der Waals surface area contributed by atoms with E-state index >= 15 is 0 Å². The molecule has 1 N–H and O–H groups in total. The predicted molar refractivity (Wildman–Crippen MR) is 96.0 cm³/mol. The highest BCUT2D eigenvalue weighted by atomic mass is 16.5. The first-order valence-electron chi connectivity index (χ1n) is 8.87. The molecule has 0 unspecified atom stereocenters. The van der Waals surface area contributed by atoms with E-state index in [0.29, 0.717) is 23.4 Å². The summed E-state index contributed by atoms with van der Waals surface area (Å²) in [6.45, 7) is 3.60. The van der Waals surface area contributed by atoms with Crippen LogP contribution in [0.2, 0.25) is 0 Å². The Morgan fingerprint density at radius 3 is 2.73 bits per heavy atom. The highest BCUT2D eigenvalue weighted by Gasteiger charge is 2.20. The Labute approximate surface area is 150 Å². The van der Waals surface area contributed by atoms with Gasteiger partial charge in [-0.3, -0.25) is 14.2 Å². The number of anilines is 1. The van der Waals surface area contributed by atoms with Gasteiger partial charge in [0.15, 0.2) is 5.58 Å². The van der Waals surface area contributed by atoms with E-state index in [1.165, 1.54) is 4.57 Å². The lowest BCUT2D eigenvalue weighted by molar-refractivity contribution is -0.132. The molecule has 0 aliphatic carbocycles. The number of nitrogens with one attached hydrogen (secondary N) is 1. The maximum Gasteiger partial charge on any atom is 0.420 e. The minimum absolute atomic E-state index is 0.0415. The zero-order valence-corrected chi connectivity index (χ0v) is 14.8. The number of hydrogen-bond acceptors (Lipinski definition) is 5. The number of aromatic nitrogens is 1. The van der Waals surface area contributed by atoms with Crippen molar-refractivity contribution < 1.29 is 18.7 Å². The van der Waals surface area contributed by atoms with Crippen molar-refractivity contribution in [3.63, 3.8) is 0 Å². The lowest BCUT2D eigenvalue weighted by Crippen LogP contribution is -2.39. The van der Waals surface area contributed by atoms with Crippen molar-refractivity contribution >= 4 is 28.6 Å². The molecule has 2 heterocycles. The summed E-state index contributed by atoms with van der Waals surface area (Å²) in [4.78, 5) is 38.2. The number of carbonyl (C=O) groups is 2. The van der Waals surface area contributed by atoms with Gasteiger partial charge in [-0.2, -0.15) is 0 Å². The van der Waals surface area contributed by atoms with E-state index in [1.54, 1.807) is 23.1 Å². The molecule has 8 nitrogen and oxygen atoms in total. The van der Waals surface area contributed by atoms with Gasteiger partial charge in [0, 0.05) is 25.4 Å². The minimum Gasteiger partial charge on any atom is -0.408 e. The summed E-state index contributed by atoms with van der Waals surface area (Å²) in [6.07, 6.45) is 3.11. The van der Waals surface area contributed by atoms with Gasteiger partial charge in [-0.05, 0) is 44.4 Å². The van der Waals surface area contributed by atoms with E-state index in [1.807, 2.05) is 6.92 Å². The topological polar surface area (TPSA) is 93.8 Å². The Morgan fingerprint density at radius 1 is 1.23 bits per heavy atom. The predicted octanol–water partition coefficient (Wildman–Crippen LogP) is 1.58. The SMILES string of the molecule is CCOCC(=O)Nc1ccc2oc(=O)n(CC(=O)N3CCCCC3)c2c1. The van der Waals surface area contributed by atoms with Crippen molar-refractivity contribution in [3.8, 4) is 0 Å². The molecule has 0 radical (unpaired) electrons. The molecule has 0 saturated carbocycles. The average molecular weight is 361 g/mol. The molecule has 0 spiro atoms. The molecule has 1 aromatic carbocycles. The molecule has 2 amide bonds. The van der Waals surface area contributed by atoms with Crippen molar-refractivity contribution in [3.05, 3.63) is 28.7 Å². The van der Waals surface area contributed by atoms with Gasteiger partial charge in [-0.15, -0.1) is 0 Å². The highest BCUT2D eigenvalue weighted by molar-refractivity contribution is 5.93. The summed E-state index contributed by atoms with van der Waals surface area (Å²) in [7, 11) is 0. The fraction of sp³-hybridized carbons (Fsp3) is 0.500. The van der Waals surface area contributed by atoms with Crippen molar-refractivity contribution in [1.29, 1.82) is 0 Å². The molecule has 2 aromatic rings. The van der Waals surface area contributed by atoms with Crippen LogP contribution in [0.4, 0.5) is 5.69 Å². The number of carbonyl (C=O) groups excluding carboxylic acids is 2. The second-order valence-corrected chi connectivity index (χ2v) is 6.26. The molecule has 140 valence electrons. The molecule has 26 heavy (non-hydrogen) atoms. The van der Waals surface area contributed by atoms with E-state index in [0.717, 1.165) is 32.4 Å². The number of nitrogens with zero attached hydrogens (tertiary/aromatic N) is 2. The van der Waals surface area contributed by atoms with E-state index < -0.39 is 5.76 Å². The molecule has 1 saturated heterocycles. The van der Waals surface area contributed by atoms with Crippen LogP contribution in [-0.2, 0) is 20.9 Å². The van der Waals surface area contributed by atoms with E-state index in [2.05, 4.69) is 5.32 Å². The van der Waals surface area contributed by atoms with Crippen molar-refractivity contribution in [2.24, 2.45) is 0 Å². The molecule has 0 atom stereocenters. The number of likely N-dealkylation sites (tertiary alicyclic amines) is 1. The number of fused-ring (bicyclic) bond motifs is 1. The zero-order valence-electron chi connectivity index (χ0n) is 14.8. The molecule has 3 rings (SSSR count). The van der Waals surface area contributed by atoms with Crippen LogP contribution in [0.15, 0.2) is 27.4 Å². The van der Waals surface area contributed by atoms with Gasteiger partial charge in [-0.25, -0.2) is 4.79 Å². The van der Waals surface area contributed by atoms with Crippen LogP contribution in [0.3, 0.4) is 0 Å². The summed E-state index contributed by atoms with van der Waals surface area (Å²) in [5.41, 5.74) is 1.38. The number of piperidine rings is 1. The number of hydrogen-bond donors (Lipinski definition) is 1. The third-order valence-electron chi connectivity index (χ3n) is 4.39. The average Bonchev–Trinajstić information content (AvgIpc) is 2.95. The first-order chi connectivity index (χ1) is 12.6. The highest BCUT2D eigenvalue weighted by Crippen LogP contribution is 2.19. The van der Waals surface area contributed by atoms with Crippen LogP contribution in [0.1, 0.15) is 26.2 Å². The molecular formula is C18H23N3O5. The fourth-order valence-corrected chi connectivity index (χ4v) is 3.06. The first-order valence-corrected chi connectivity index (χ1v) is 8.87. The van der Waals surface area contributed by atoms with E-state index in [4.69, 9.17) is 9.15 Å². The van der Waals surface area contributed by atoms with Gasteiger partial charge in [0.05, 0.1) is 5.52 Å². The first kappa shape index (κ1) is 18.2. The Hall–Kier alpha value is -2.61. The quantitative estimate of drug-likeness (QED) is 0.843. The van der Waals surface area contributed by atoms with Crippen molar-refractivity contribution in [2.45, 2.75) is 32.7 Å². The van der Waals surface area contributed by atoms with Crippen LogP contribution < -0.4 is 11.1 Å². The second kappa shape index (κ2) is 8.18. The van der Waals surface area contributed by atoms with Crippen molar-refractivity contribution in [1.82, 2.24) is 9.47 Å². The smallest absolute Gasteiger partial charge is 0.408 e. The fourth-order valence-electron chi connectivity index (χ4n) is 3.06. The van der Waals surface area contributed by atoms with E-state index in [9.17, 15) is 14.4 Å². The Bertz CT molecular complexity index is 848. The largest absolute Gasteiger partial charge is 0.420 e. The molecule has 1 aromatic heterocycles. The van der Waals surface area contributed by atoms with Crippen LogP contribution in [0, 0.1) is 0 Å². The number of rotatable bonds is 6. The monoisotopic (exact) mass is 361 g/mol. The summed E-state index contributed by atoms with van der Waals surface area (Å²) in [5.74, 6) is -0.962. The van der Waals surface area contributed by atoms with Crippen LogP contribution >= 0.6 is 0 Å². The van der Waals surface area contributed by atoms with Crippen molar-refractivity contribution in [2.75, 3.05) is 31.6 Å². The number of amides is 2. The van der Waals surface area contributed by atoms with Crippen LogP contribution in [0.5, 0.6) is 0 Å². The van der Waals surface area contributed by atoms with Gasteiger partial charge in [0.25, 0.3) is 0 Å². The summed E-state index contributed by atoms with van der Waals surface area (Å²) >= 11 is 0. The van der Waals surface area contributed by atoms with Crippen LogP contribution in [-0.4, -0.2) is 47.6 Å². The lowest BCUT2D eigenvalue weighted by atomic mass is 10.1. The maximum atomic E-state index is 12.5. The molecular weight excluding hydrogens is 338 g/mol. The minimum atomic E-state index is -0.580. The molecule has 1 aliphatic heterocycles. The number of ether oxygens (including phenoxy) is 1. The maximum absolute atomic E-state index is 12.5. The second-order valence-electron chi connectivity index (χ2n) is 6.26. The zero-order chi connectivity index (χ0) is 18.5. The van der Waals surface area contributed by atoms with Crippen LogP contribution in [0.25, 0.3) is 11.1 Å². The number of oxazole rings is 1. The molecule has 1 aliphatic rings. The Kier molecular flexibility index (Phi) is 5.72. The standard InChI is InChI=1S/C18H23N3O5/c1-2-25-12-16(22)19-13-6-7-15-14(10-13)21(18(24)26-15)11-17(23)20-8-4-3-5-9-20/h6-7,10H,2-5,8-9,11-12H2,1H3,(H,19,22). The lowest BCUT2D eigenvalue weighted by Gasteiger charge is -2.26. The number of benzene rings is 1. The third-order valence-corrected chi connectivity index (χ3v) is 4.39. The summed E-state index contributed by atoms with van der Waals surface area (Å²) in [5, 5.41) is 2.71. The molecule has 0 bridgehead atoms.